The van der Waals surface area contributed by atoms with Crippen LogP contribution in [0.4, 0.5) is 0 Å². The molecule has 1 unspecified atom stereocenters. The van der Waals surface area contributed by atoms with Gasteiger partial charge in [-0.15, -0.1) is 12.4 Å². The van der Waals surface area contributed by atoms with Gasteiger partial charge in [-0.25, -0.2) is 0 Å². The molecule has 1 aliphatic rings. The number of carboxylic acid groups (broad SMARTS) is 1. The first-order valence-corrected chi connectivity index (χ1v) is 3.34. The van der Waals surface area contributed by atoms with Crippen molar-refractivity contribution in [1.82, 2.24) is 5.32 Å². The van der Waals surface area contributed by atoms with Crippen LogP contribution in [-0.2, 0) is 9.53 Å². The Labute approximate surface area is 71.3 Å². The molecule has 0 aromatic heterocycles. The number of ether oxygens (including phenoxy) is 1. The molecule has 0 aromatic rings. The summed E-state index contributed by atoms with van der Waals surface area (Å²) < 4.78 is 5.05. The molecular formula is C6H12ClNO3. The van der Waals surface area contributed by atoms with Crippen molar-refractivity contribution in [2.75, 3.05) is 19.8 Å². The Morgan fingerprint density at radius 2 is 2.27 bits per heavy atom. The highest BCUT2D eigenvalue weighted by Gasteiger charge is 2.17. The maximum atomic E-state index is 10.4. The molecule has 0 spiro atoms. The summed E-state index contributed by atoms with van der Waals surface area (Å²) in [5.41, 5.74) is 0. The van der Waals surface area contributed by atoms with E-state index < -0.39 is 12.0 Å². The average Bonchev–Trinajstić information content (AvgIpc) is 2.12. The van der Waals surface area contributed by atoms with Gasteiger partial charge in [-0.05, 0) is 6.42 Å². The molecule has 0 aliphatic carbocycles. The van der Waals surface area contributed by atoms with Crippen LogP contribution in [0, 0.1) is 0 Å². The summed E-state index contributed by atoms with van der Waals surface area (Å²) in [4.78, 5) is 10.4. The first-order valence-electron chi connectivity index (χ1n) is 3.34. The molecule has 1 rings (SSSR count). The minimum absolute atomic E-state index is 0. The molecule has 0 aromatic carbocycles. The second-order valence-electron chi connectivity index (χ2n) is 2.25. The number of hydrogen-bond acceptors (Lipinski definition) is 3. The third-order valence-corrected chi connectivity index (χ3v) is 1.49. The molecular weight excluding hydrogens is 170 g/mol. The van der Waals surface area contributed by atoms with Gasteiger partial charge in [-0.2, -0.15) is 0 Å². The molecule has 0 saturated carbocycles. The highest BCUT2D eigenvalue weighted by molar-refractivity contribution is 5.85. The second-order valence-corrected chi connectivity index (χ2v) is 2.25. The Morgan fingerprint density at radius 1 is 1.55 bits per heavy atom. The maximum Gasteiger partial charge on any atom is 0.320 e. The lowest BCUT2D eigenvalue weighted by atomic mass is 10.2. The van der Waals surface area contributed by atoms with Gasteiger partial charge in [0.1, 0.15) is 6.04 Å². The smallest absolute Gasteiger partial charge is 0.320 e. The van der Waals surface area contributed by atoms with Crippen LogP contribution in [0.3, 0.4) is 0 Å². The third kappa shape index (κ3) is 3.55. The highest BCUT2D eigenvalue weighted by Crippen LogP contribution is 1.96. The number of carboxylic acids is 1. The highest BCUT2D eigenvalue weighted by atomic mass is 35.5. The molecule has 2 N–H and O–H groups in total. The lowest BCUT2D eigenvalue weighted by molar-refractivity contribution is -0.139. The van der Waals surface area contributed by atoms with Crippen molar-refractivity contribution < 1.29 is 14.6 Å². The fraction of sp³-hybridized carbons (Fsp3) is 0.833. The van der Waals surface area contributed by atoms with Crippen molar-refractivity contribution >= 4 is 18.4 Å². The van der Waals surface area contributed by atoms with Gasteiger partial charge in [0, 0.05) is 13.2 Å². The first kappa shape index (κ1) is 10.7. The van der Waals surface area contributed by atoms with Gasteiger partial charge in [0.25, 0.3) is 0 Å². The Morgan fingerprint density at radius 3 is 2.91 bits per heavy atom. The topological polar surface area (TPSA) is 58.6 Å². The molecule has 1 aliphatic heterocycles. The van der Waals surface area contributed by atoms with Crippen LogP contribution in [0.2, 0.25) is 0 Å². The van der Waals surface area contributed by atoms with Crippen LogP contribution >= 0.6 is 12.4 Å². The van der Waals surface area contributed by atoms with E-state index in [1.54, 1.807) is 0 Å². The molecule has 5 heteroatoms. The SMILES string of the molecule is Cl.O=C(O)C1CCOCCN1. The van der Waals surface area contributed by atoms with Crippen LogP contribution in [0.15, 0.2) is 0 Å². The zero-order valence-corrected chi connectivity index (χ0v) is 6.89. The van der Waals surface area contributed by atoms with Gasteiger partial charge in [-0.1, -0.05) is 0 Å². The summed E-state index contributed by atoms with van der Waals surface area (Å²) >= 11 is 0. The average molecular weight is 182 g/mol. The van der Waals surface area contributed by atoms with E-state index in [4.69, 9.17) is 9.84 Å². The maximum absolute atomic E-state index is 10.4. The second kappa shape index (κ2) is 5.35. The van der Waals surface area contributed by atoms with Gasteiger partial charge in [0.05, 0.1) is 6.61 Å². The van der Waals surface area contributed by atoms with E-state index in [1.807, 2.05) is 0 Å². The summed E-state index contributed by atoms with van der Waals surface area (Å²) in [6.07, 6.45) is 0.565. The monoisotopic (exact) mass is 181 g/mol. The van der Waals surface area contributed by atoms with Crippen molar-refractivity contribution in [3.05, 3.63) is 0 Å². The molecule has 0 bridgehead atoms. The van der Waals surface area contributed by atoms with E-state index in [2.05, 4.69) is 5.32 Å². The lowest BCUT2D eigenvalue weighted by Crippen LogP contribution is -2.36. The zero-order valence-electron chi connectivity index (χ0n) is 6.08. The number of aliphatic carboxylic acids is 1. The number of rotatable bonds is 1. The Bertz CT molecular complexity index is 123. The van der Waals surface area contributed by atoms with Gasteiger partial charge >= 0.3 is 5.97 Å². The quantitative estimate of drug-likeness (QED) is 0.592. The van der Waals surface area contributed by atoms with Crippen LogP contribution in [0.1, 0.15) is 6.42 Å². The largest absolute Gasteiger partial charge is 0.480 e. The molecule has 1 fully saturated rings. The Kier molecular flexibility index (Phi) is 5.19. The summed E-state index contributed by atoms with van der Waals surface area (Å²) in [7, 11) is 0. The van der Waals surface area contributed by atoms with Crippen LogP contribution in [0.25, 0.3) is 0 Å². The first-order chi connectivity index (χ1) is 4.80. The normalized spacial score (nSPS) is 24.9. The van der Waals surface area contributed by atoms with Crippen molar-refractivity contribution in [1.29, 1.82) is 0 Å². The van der Waals surface area contributed by atoms with E-state index in [1.165, 1.54) is 0 Å². The molecule has 4 nitrogen and oxygen atoms in total. The standard InChI is InChI=1S/C6H11NO3.ClH/c8-6(9)5-1-3-10-4-2-7-5;/h5,7H,1-4H2,(H,8,9);1H. The van der Waals surface area contributed by atoms with Gasteiger partial charge < -0.3 is 15.2 Å². The van der Waals surface area contributed by atoms with Gasteiger partial charge in [0.15, 0.2) is 0 Å². The predicted octanol–water partition coefficient (Wildman–Crippen LogP) is -0.129. The molecule has 0 radical (unpaired) electrons. The van der Waals surface area contributed by atoms with Crippen molar-refractivity contribution in [3.63, 3.8) is 0 Å². The van der Waals surface area contributed by atoms with Crippen LogP contribution < -0.4 is 5.32 Å². The summed E-state index contributed by atoms with van der Waals surface area (Å²) in [5.74, 6) is -0.787. The summed E-state index contributed by atoms with van der Waals surface area (Å²) in [6, 6.07) is -0.414. The summed E-state index contributed by atoms with van der Waals surface area (Å²) in [5, 5.41) is 11.4. The molecule has 1 saturated heterocycles. The number of halogens is 1. The van der Waals surface area contributed by atoms with Crippen LogP contribution in [-0.4, -0.2) is 36.9 Å². The zero-order chi connectivity index (χ0) is 7.40. The van der Waals surface area contributed by atoms with Crippen molar-refractivity contribution in [2.45, 2.75) is 12.5 Å². The van der Waals surface area contributed by atoms with Gasteiger partial charge in [-0.3, -0.25) is 4.79 Å². The number of nitrogens with one attached hydrogen (secondary N) is 1. The fourth-order valence-corrected chi connectivity index (χ4v) is 0.921. The molecule has 11 heavy (non-hydrogen) atoms. The van der Waals surface area contributed by atoms with Crippen LogP contribution in [0.5, 0.6) is 0 Å². The molecule has 0 amide bonds. The van der Waals surface area contributed by atoms with E-state index in [0.29, 0.717) is 26.2 Å². The number of hydrogen-bond donors (Lipinski definition) is 2. The molecule has 1 heterocycles. The van der Waals surface area contributed by atoms with Crippen molar-refractivity contribution in [3.8, 4) is 0 Å². The summed E-state index contributed by atoms with van der Waals surface area (Å²) in [6.45, 7) is 1.80. The Balaban J connectivity index is 0.000001000. The minimum atomic E-state index is -0.787. The Hall–Kier alpha value is -0.320. The van der Waals surface area contributed by atoms with E-state index in [0.717, 1.165) is 0 Å². The van der Waals surface area contributed by atoms with E-state index in [9.17, 15) is 4.79 Å². The third-order valence-electron chi connectivity index (χ3n) is 1.49. The minimum Gasteiger partial charge on any atom is -0.480 e. The van der Waals surface area contributed by atoms with E-state index in [-0.39, 0.29) is 12.4 Å². The fourth-order valence-electron chi connectivity index (χ4n) is 0.921. The molecule has 66 valence electrons. The predicted molar refractivity (Wildman–Crippen MR) is 42.1 cm³/mol. The van der Waals surface area contributed by atoms with E-state index >= 15 is 0 Å². The number of carbonyl (C=O) groups is 1. The van der Waals surface area contributed by atoms with Gasteiger partial charge in [0.2, 0.25) is 0 Å². The lowest BCUT2D eigenvalue weighted by Gasteiger charge is -2.07. The molecule has 1 atom stereocenters. The van der Waals surface area contributed by atoms with Crippen molar-refractivity contribution in [2.24, 2.45) is 0 Å².